The molecular formula is C23H25FO5. The predicted molar refractivity (Wildman–Crippen MR) is 104 cm³/mol. The highest BCUT2D eigenvalue weighted by molar-refractivity contribution is 6.02. The summed E-state index contributed by atoms with van der Waals surface area (Å²) in [5.41, 5.74) is -0.135. The molecule has 3 rings (SSSR count). The lowest BCUT2D eigenvalue weighted by molar-refractivity contribution is -0.179. The van der Waals surface area contributed by atoms with Crippen LogP contribution >= 0.6 is 0 Å². The minimum Gasteiger partial charge on any atom is -0.465 e. The van der Waals surface area contributed by atoms with Gasteiger partial charge in [-0.2, -0.15) is 0 Å². The zero-order valence-electron chi connectivity index (χ0n) is 16.6. The number of hydrogen-bond acceptors (Lipinski definition) is 5. The van der Waals surface area contributed by atoms with Crippen molar-refractivity contribution in [2.45, 2.75) is 26.4 Å². The molecule has 0 unspecified atom stereocenters. The number of rotatable bonds is 7. The van der Waals surface area contributed by atoms with Crippen LogP contribution < -0.4 is 0 Å². The first-order valence-electron chi connectivity index (χ1n) is 9.79. The fourth-order valence-corrected chi connectivity index (χ4v) is 3.93. The molecule has 154 valence electrons. The monoisotopic (exact) mass is 400 g/mol. The van der Waals surface area contributed by atoms with E-state index in [9.17, 15) is 14.0 Å². The van der Waals surface area contributed by atoms with Gasteiger partial charge in [-0.15, -0.1) is 0 Å². The summed E-state index contributed by atoms with van der Waals surface area (Å²) >= 11 is 0. The van der Waals surface area contributed by atoms with Gasteiger partial charge in [0.05, 0.1) is 19.8 Å². The summed E-state index contributed by atoms with van der Waals surface area (Å²) in [6.45, 7) is 3.82. The minimum absolute atomic E-state index is 0.130. The Morgan fingerprint density at radius 1 is 1.00 bits per heavy atom. The summed E-state index contributed by atoms with van der Waals surface area (Å²) in [4.78, 5) is 26.5. The molecule has 0 radical (unpaired) electrons. The van der Waals surface area contributed by atoms with E-state index in [0.29, 0.717) is 12.0 Å². The van der Waals surface area contributed by atoms with E-state index < -0.39 is 29.4 Å². The largest absolute Gasteiger partial charge is 0.465 e. The van der Waals surface area contributed by atoms with Crippen LogP contribution in [0.1, 0.15) is 31.1 Å². The molecule has 1 aliphatic heterocycles. The first kappa shape index (κ1) is 21.0. The predicted octanol–water partition coefficient (Wildman–Crippen LogP) is 3.87. The average molecular weight is 400 g/mol. The molecule has 0 bridgehead atoms. The van der Waals surface area contributed by atoms with E-state index >= 15 is 0 Å². The SMILES string of the molecule is CCOC(=O)C1(C(=O)OCC)[C@H](Cc2ccc(F)cc2)CO[C@H]1c1ccccc1. The van der Waals surface area contributed by atoms with Gasteiger partial charge in [0, 0.05) is 5.92 Å². The van der Waals surface area contributed by atoms with Crippen molar-refractivity contribution in [2.75, 3.05) is 19.8 Å². The molecule has 5 nitrogen and oxygen atoms in total. The van der Waals surface area contributed by atoms with Crippen molar-refractivity contribution in [3.05, 3.63) is 71.5 Å². The molecule has 0 aliphatic carbocycles. The van der Waals surface area contributed by atoms with E-state index in [4.69, 9.17) is 14.2 Å². The first-order valence-corrected chi connectivity index (χ1v) is 9.79. The van der Waals surface area contributed by atoms with Gasteiger partial charge in [-0.1, -0.05) is 42.5 Å². The maximum atomic E-state index is 13.3. The molecular weight excluding hydrogens is 375 g/mol. The quantitative estimate of drug-likeness (QED) is 0.522. The van der Waals surface area contributed by atoms with Crippen molar-refractivity contribution in [3.63, 3.8) is 0 Å². The van der Waals surface area contributed by atoms with Crippen molar-refractivity contribution in [1.82, 2.24) is 0 Å². The van der Waals surface area contributed by atoms with E-state index in [2.05, 4.69) is 0 Å². The van der Waals surface area contributed by atoms with Crippen molar-refractivity contribution in [1.29, 1.82) is 0 Å². The van der Waals surface area contributed by atoms with Gasteiger partial charge in [0.15, 0.2) is 5.41 Å². The molecule has 1 aliphatic rings. The summed E-state index contributed by atoms with van der Waals surface area (Å²) in [5.74, 6) is -2.18. The summed E-state index contributed by atoms with van der Waals surface area (Å²) < 4.78 is 30.1. The Bertz CT molecular complexity index is 816. The Hall–Kier alpha value is -2.73. The number of halogens is 1. The number of esters is 2. The Kier molecular flexibility index (Phi) is 6.64. The molecule has 1 heterocycles. The van der Waals surface area contributed by atoms with Crippen LogP contribution in [0.15, 0.2) is 54.6 Å². The second-order valence-electron chi connectivity index (χ2n) is 6.96. The summed E-state index contributed by atoms with van der Waals surface area (Å²) in [7, 11) is 0. The summed E-state index contributed by atoms with van der Waals surface area (Å²) in [5, 5.41) is 0. The molecule has 2 aromatic rings. The van der Waals surface area contributed by atoms with Gasteiger partial charge < -0.3 is 14.2 Å². The fraction of sp³-hybridized carbons (Fsp3) is 0.391. The third-order valence-electron chi connectivity index (χ3n) is 5.25. The van der Waals surface area contributed by atoms with Gasteiger partial charge in [-0.3, -0.25) is 9.59 Å². The summed E-state index contributed by atoms with van der Waals surface area (Å²) in [6, 6.07) is 15.1. The van der Waals surface area contributed by atoms with E-state index in [0.717, 1.165) is 5.56 Å². The molecule has 6 heteroatoms. The number of carbonyl (C=O) groups is 2. The van der Waals surface area contributed by atoms with Crippen LogP contribution in [0.4, 0.5) is 4.39 Å². The van der Waals surface area contributed by atoms with Gasteiger partial charge in [-0.05, 0) is 43.5 Å². The molecule has 0 aromatic heterocycles. The molecule has 0 saturated carbocycles. The smallest absolute Gasteiger partial charge is 0.326 e. The zero-order valence-corrected chi connectivity index (χ0v) is 16.6. The van der Waals surface area contributed by atoms with E-state index in [1.54, 1.807) is 26.0 Å². The zero-order chi connectivity index (χ0) is 20.9. The number of carbonyl (C=O) groups excluding carboxylic acids is 2. The van der Waals surface area contributed by atoms with Gasteiger partial charge in [0.1, 0.15) is 11.9 Å². The van der Waals surface area contributed by atoms with Crippen LogP contribution in [-0.2, 0) is 30.2 Å². The number of ether oxygens (including phenoxy) is 3. The standard InChI is InChI=1S/C23H25FO5/c1-3-27-21(25)23(22(26)28-4-2)18(14-16-10-12-19(24)13-11-16)15-29-20(23)17-8-6-5-7-9-17/h5-13,18,20H,3-4,14-15H2,1-2H3/t18-,20+/m1/s1. The highest BCUT2D eigenvalue weighted by Gasteiger charge is 2.64. The lowest BCUT2D eigenvalue weighted by Crippen LogP contribution is -2.49. The number of hydrogen-bond donors (Lipinski definition) is 0. The molecule has 1 fully saturated rings. The topological polar surface area (TPSA) is 61.8 Å². The third-order valence-corrected chi connectivity index (χ3v) is 5.25. The minimum atomic E-state index is -1.64. The molecule has 2 atom stereocenters. The van der Waals surface area contributed by atoms with Crippen molar-refractivity contribution >= 4 is 11.9 Å². The Labute approximate surface area is 169 Å². The van der Waals surface area contributed by atoms with Crippen LogP contribution in [0.2, 0.25) is 0 Å². The fourth-order valence-electron chi connectivity index (χ4n) is 3.93. The summed E-state index contributed by atoms with van der Waals surface area (Å²) in [6.07, 6.45) is -0.478. The van der Waals surface area contributed by atoms with Crippen molar-refractivity contribution in [3.8, 4) is 0 Å². The van der Waals surface area contributed by atoms with Gasteiger partial charge in [-0.25, -0.2) is 4.39 Å². The van der Waals surface area contributed by atoms with Crippen LogP contribution in [0.3, 0.4) is 0 Å². The molecule has 0 spiro atoms. The van der Waals surface area contributed by atoms with Crippen LogP contribution in [0, 0.1) is 17.2 Å². The first-order chi connectivity index (χ1) is 14.0. The maximum Gasteiger partial charge on any atom is 0.326 e. The van der Waals surface area contributed by atoms with Crippen LogP contribution in [-0.4, -0.2) is 31.8 Å². The third kappa shape index (κ3) is 4.03. The Balaban J connectivity index is 2.08. The lowest BCUT2D eigenvalue weighted by atomic mass is 9.69. The molecule has 0 amide bonds. The highest BCUT2D eigenvalue weighted by atomic mass is 19.1. The normalized spacial score (nSPS) is 20.2. The maximum absolute atomic E-state index is 13.3. The van der Waals surface area contributed by atoms with E-state index in [1.165, 1.54) is 12.1 Å². The molecule has 0 N–H and O–H groups in total. The molecule has 29 heavy (non-hydrogen) atoms. The second-order valence-corrected chi connectivity index (χ2v) is 6.96. The molecule has 1 saturated heterocycles. The van der Waals surface area contributed by atoms with Gasteiger partial charge >= 0.3 is 11.9 Å². The van der Waals surface area contributed by atoms with Gasteiger partial charge in [0.25, 0.3) is 0 Å². The van der Waals surface area contributed by atoms with E-state index in [-0.39, 0.29) is 25.6 Å². The van der Waals surface area contributed by atoms with Gasteiger partial charge in [0.2, 0.25) is 0 Å². The Morgan fingerprint density at radius 2 is 1.59 bits per heavy atom. The van der Waals surface area contributed by atoms with Crippen molar-refractivity contribution < 1.29 is 28.2 Å². The average Bonchev–Trinajstić information content (AvgIpc) is 3.10. The van der Waals surface area contributed by atoms with E-state index in [1.807, 2.05) is 30.3 Å². The van der Waals surface area contributed by atoms with Crippen molar-refractivity contribution in [2.24, 2.45) is 11.3 Å². The highest BCUT2D eigenvalue weighted by Crippen LogP contribution is 2.52. The van der Waals surface area contributed by atoms with Crippen LogP contribution in [0.25, 0.3) is 0 Å². The number of benzene rings is 2. The second kappa shape index (κ2) is 9.18. The van der Waals surface area contributed by atoms with Crippen LogP contribution in [0.5, 0.6) is 0 Å². The lowest BCUT2D eigenvalue weighted by Gasteiger charge is -2.34. The Morgan fingerprint density at radius 3 is 2.14 bits per heavy atom. The molecule has 2 aromatic carbocycles.